The lowest BCUT2D eigenvalue weighted by molar-refractivity contribution is -0.123. The van der Waals surface area contributed by atoms with Gasteiger partial charge in [0.15, 0.2) is 0 Å². The molecule has 7 heteroatoms. The summed E-state index contributed by atoms with van der Waals surface area (Å²) < 4.78 is 0.508. The van der Waals surface area contributed by atoms with Crippen molar-refractivity contribution < 1.29 is 9.59 Å². The van der Waals surface area contributed by atoms with Crippen LogP contribution in [-0.4, -0.2) is 27.1 Å². The van der Waals surface area contributed by atoms with Crippen LogP contribution in [0.1, 0.15) is 31.4 Å². The minimum absolute atomic E-state index is 0.00230. The highest BCUT2D eigenvalue weighted by Gasteiger charge is 2.42. The monoisotopic (exact) mass is 442 g/mol. The van der Waals surface area contributed by atoms with Crippen molar-refractivity contribution in [3.8, 4) is 0 Å². The number of benzene rings is 2. The van der Waals surface area contributed by atoms with Crippen LogP contribution in [-0.2, 0) is 16.1 Å². The average molecular weight is 443 g/mol. The molecule has 1 saturated heterocycles. The number of nitrogens with zero attached hydrogens (tertiary/aromatic N) is 2. The van der Waals surface area contributed by atoms with Gasteiger partial charge in [0.05, 0.1) is 22.7 Å². The van der Waals surface area contributed by atoms with E-state index in [0.717, 1.165) is 23.2 Å². The highest BCUT2D eigenvalue weighted by molar-refractivity contribution is 8.26. The number of para-hydroxylation sites is 1. The zero-order chi connectivity index (χ0) is 20.7. The Morgan fingerprint density at radius 1 is 1.07 bits per heavy atom. The number of amides is 2. The molecule has 4 nitrogen and oxygen atoms in total. The van der Waals surface area contributed by atoms with Crippen LogP contribution in [0.15, 0.2) is 53.4 Å². The highest BCUT2D eigenvalue weighted by atomic mass is 35.5. The maximum Gasteiger partial charge on any atom is 0.267 e. The third-order valence-electron chi connectivity index (χ3n) is 5.23. The Hall–Kier alpha value is -2.15. The fourth-order valence-corrected chi connectivity index (χ4v) is 5.18. The van der Waals surface area contributed by atoms with Gasteiger partial charge in [0.25, 0.3) is 11.8 Å². The summed E-state index contributed by atoms with van der Waals surface area (Å²) in [5, 5.41) is 0.649. The maximum absolute atomic E-state index is 13.4. The van der Waals surface area contributed by atoms with Crippen LogP contribution < -0.4 is 4.90 Å². The molecule has 2 amide bonds. The Balaban J connectivity index is 1.77. The number of thiocarbonyl (C=S) groups is 1. The first-order chi connectivity index (χ1) is 13.9. The lowest BCUT2D eigenvalue weighted by Crippen LogP contribution is -2.36. The summed E-state index contributed by atoms with van der Waals surface area (Å²) in [4.78, 5) is 30.3. The molecule has 2 heterocycles. The Bertz CT molecular complexity index is 1050. The van der Waals surface area contributed by atoms with Crippen molar-refractivity contribution in [1.82, 2.24) is 4.90 Å². The van der Waals surface area contributed by atoms with Gasteiger partial charge in [-0.2, -0.15) is 0 Å². The molecular weight excluding hydrogens is 424 g/mol. The number of carbonyl (C=O) groups excluding carboxylic acids is 2. The molecule has 1 unspecified atom stereocenters. The molecule has 1 atom stereocenters. The van der Waals surface area contributed by atoms with Crippen molar-refractivity contribution in [3.63, 3.8) is 0 Å². The Labute approximate surface area is 184 Å². The molecule has 2 aromatic rings. The van der Waals surface area contributed by atoms with Gasteiger partial charge in [-0.3, -0.25) is 14.5 Å². The SMILES string of the molecule is CCC(C)N1C(=O)/C(=C2/C(=O)N(Cc3ccc(Cl)cc3)c3ccccc32)SC1=S. The number of anilines is 1. The first-order valence-corrected chi connectivity index (χ1v) is 11.0. The van der Waals surface area contributed by atoms with E-state index in [0.29, 0.717) is 26.4 Å². The molecule has 2 aromatic carbocycles. The zero-order valence-electron chi connectivity index (χ0n) is 16.0. The van der Waals surface area contributed by atoms with Crippen LogP contribution in [0.5, 0.6) is 0 Å². The zero-order valence-corrected chi connectivity index (χ0v) is 18.4. The molecule has 29 heavy (non-hydrogen) atoms. The molecule has 0 bridgehead atoms. The van der Waals surface area contributed by atoms with Gasteiger partial charge in [0, 0.05) is 16.6 Å². The predicted octanol–water partition coefficient (Wildman–Crippen LogP) is 5.26. The normalized spacial score (nSPS) is 19.9. The standard InChI is InChI=1S/C22H19ClN2O2S2/c1-3-13(2)25-21(27)19(29-22(25)28)18-16-6-4-5-7-17(16)24(20(18)26)12-14-8-10-15(23)11-9-14/h4-11,13H,3,12H2,1-2H3/b19-18-. The molecule has 0 aliphatic carbocycles. The summed E-state index contributed by atoms with van der Waals surface area (Å²) in [5.41, 5.74) is 2.98. The molecule has 0 radical (unpaired) electrons. The van der Waals surface area contributed by atoms with E-state index in [2.05, 4.69) is 0 Å². The van der Waals surface area contributed by atoms with Crippen molar-refractivity contribution in [2.45, 2.75) is 32.9 Å². The third-order valence-corrected chi connectivity index (χ3v) is 6.89. The minimum Gasteiger partial charge on any atom is -0.303 e. The van der Waals surface area contributed by atoms with E-state index < -0.39 is 0 Å². The molecule has 0 N–H and O–H groups in total. The number of hydrogen-bond acceptors (Lipinski definition) is 4. The van der Waals surface area contributed by atoms with E-state index in [1.807, 2.05) is 62.4 Å². The van der Waals surface area contributed by atoms with Crippen molar-refractivity contribution >= 4 is 63.0 Å². The summed E-state index contributed by atoms with van der Waals surface area (Å²) >= 11 is 12.7. The maximum atomic E-state index is 13.4. The molecule has 148 valence electrons. The van der Waals surface area contributed by atoms with Gasteiger partial charge in [0.2, 0.25) is 0 Å². The number of halogens is 1. The summed E-state index contributed by atoms with van der Waals surface area (Å²) in [6.45, 7) is 4.39. The summed E-state index contributed by atoms with van der Waals surface area (Å²) in [6.07, 6.45) is 0.794. The molecule has 1 fully saturated rings. The van der Waals surface area contributed by atoms with E-state index in [1.54, 1.807) is 9.80 Å². The van der Waals surface area contributed by atoms with Gasteiger partial charge >= 0.3 is 0 Å². The van der Waals surface area contributed by atoms with Gasteiger partial charge < -0.3 is 4.90 Å². The number of rotatable bonds is 4. The Morgan fingerprint density at radius 3 is 2.45 bits per heavy atom. The van der Waals surface area contributed by atoms with Crippen LogP contribution in [0, 0.1) is 0 Å². The number of fused-ring (bicyclic) bond motifs is 1. The molecule has 0 spiro atoms. The van der Waals surface area contributed by atoms with Gasteiger partial charge in [-0.25, -0.2) is 0 Å². The van der Waals surface area contributed by atoms with Crippen LogP contribution in [0.3, 0.4) is 0 Å². The first kappa shape index (κ1) is 20.1. The van der Waals surface area contributed by atoms with Crippen LogP contribution in [0.4, 0.5) is 5.69 Å². The second-order valence-corrected chi connectivity index (χ2v) is 9.12. The Kier molecular flexibility index (Phi) is 5.51. The second-order valence-electron chi connectivity index (χ2n) is 7.04. The third kappa shape index (κ3) is 3.50. The van der Waals surface area contributed by atoms with E-state index in [1.165, 1.54) is 11.8 Å². The highest BCUT2D eigenvalue weighted by Crippen LogP contribution is 2.45. The molecule has 4 rings (SSSR count). The van der Waals surface area contributed by atoms with Crippen LogP contribution in [0.25, 0.3) is 5.57 Å². The fraction of sp³-hybridized carbons (Fsp3) is 0.227. The molecule has 2 aliphatic rings. The van der Waals surface area contributed by atoms with E-state index >= 15 is 0 Å². The lowest BCUT2D eigenvalue weighted by Gasteiger charge is -2.21. The smallest absolute Gasteiger partial charge is 0.267 e. The number of carbonyl (C=O) groups is 2. The minimum atomic E-state index is -0.180. The van der Waals surface area contributed by atoms with E-state index in [9.17, 15) is 9.59 Å². The fourth-order valence-electron chi connectivity index (χ4n) is 3.52. The molecular formula is C22H19ClN2O2S2. The largest absolute Gasteiger partial charge is 0.303 e. The Morgan fingerprint density at radius 2 is 1.76 bits per heavy atom. The van der Waals surface area contributed by atoms with E-state index in [4.69, 9.17) is 23.8 Å². The number of thioether (sulfide) groups is 1. The van der Waals surface area contributed by atoms with E-state index in [-0.39, 0.29) is 17.9 Å². The number of hydrogen-bond donors (Lipinski definition) is 0. The van der Waals surface area contributed by atoms with Crippen molar-refractivity contribution in [2.24, 2.45) is 0 Å². The van der Waals surface area contributed by atoms with Gasteiger partial charge in [-0.15, -0.1) is 0 Å². The molecule has 0 saturated carbocycles. The first-order valence-electron chi connectivity index (χ1n) is 9.37. The quantitative estimate of drug-likeness (QED) is 0.478. The lowest BCUT2D eigenvalue weighted by atomic mass is 10.1. The van der Waals surface area contributed by atoms with Crippen LogP contribution >= 0.6 is 35.6 Å². The van der Waals surface area contributed by atoms with Gasteiger partial charge in [0.1, 0.15) is 4.32 Å². The predicted molar refractivity (Wildman–Crippen MR) is 123 cm³/mol. The van der Waals surface area contributed by atoms with Crippen molar-refractivity contribution in [1.29, 1.82) is 0 Å². The average Bonchev–Trinajstić information content (AvgIpc) is 3.16. The summed E-state index contributed by atoms with van der Waals surface area (Å²) in [7, 11) is 0. The molecule has 2 aliphatic heterocycles. The topological polar surface area (TPSA) is 40.6 Å². The van der Waals surface area contributed by atoms with Crippen molar-refractivity contribution in [3.05, 3.63) is 69.6 Å². The summed E-state index contributed by atoms with van der Waals surface area (Å²) in [5.74, 6) is -0.355. The second kappa shape index (κ2) is 7.94. The van der Waals surface area contributed by atoms with Gasteiger partial charge in [-0.05, 0) is 37.1 Å². The summed E-state index contributed by atoms with van der Waals surface area (Å²) in [6, 6.07) is 15.0. The van der Waals surface area contributed by atoms with Crippen LogP contribution in [0.2, 0.25) is 5.02 Å². The van der Waals surface area contributed by atoms with Gasteiger partial charge in [-0.1, -0.05) is 72.8 Å². The molecule has 0 aromatic heterocycles. The van der Waals surface area contributed by atoms with Crippen molar-refractivity contribution in [2.75, 3.05) is 4.90 Å².